The Morgan fingerprint density at radius 1 is 0.828 bits per heavy atom. The molecule has 7 heteroatoms. The number of carbonyl (C=O) groups excluding carboxylic acids is 2. The maximum absolute atomic E-state index is 13.2. The van der Waals surface area contributed by atoms with Gasteiger partial charge in [-0.3, -0.25) is 9.59 Å². The van der Waals surface area contributed by atoms with E-state index < -0.39 is 17.7 Å². The van der Waals surface area contributed by atoms with Gasteiger partial charge in [0.15, 0.2) is 5.78 Å². The van der Waals surface area contributed by atoms with E-state index in [-0.39, 0.29) is 36.3 Å². The number of alkyl halides is 3. The number of hydrogen-bond acceptors (Lipinski definition) is 2. The Labute approximate surface area is 164 Å². The van der Waals surface area contributed by atoms with Crippen molar-refractivity contribution in [3.63, 3.8) is 0 Å². The van der Waals surface area contributed by atoms with Crippen LogP contribution in [-0.4, -0.2) is 11.7 Å². The van der Waals surface area contributed by atoms with Crippen molar-refractivity contribution in [3.05, 3.63) is 82.3 Å². The maximum atomic E-state index is 13.2. The molecule has 29 heavy (non-hydrogen) atoms. The molecule has 0 radical (unpaired) electrons. The molecule has 0 unspecified atom stereocenters. The molecule has 1 amide bonds. The Morgan fingerprint density at radius 3 is 2.07 bits per heavy atom. The summed E-state index contributed by atoms with van der Waals surface area (Å²) in [7, 11) is 0. The van der Waals surface area contributed by atoms with Gasteiger partial charge >= 0.3 is 6.18 Å². The van der Waals surface area contributed by atoms with Gasteiger partial charge in [0, 0.05) is 30.0 Å². The van der Waals surface area contributed by atoms with Crippen LogP contribution in [0.3, 0.4) is 0 Å². The van der Waals surface area contributed by atoms with Gasteiger partial charge in [-0.15, -0.1) is 0 Å². The Balaban J connectivity index is 1.67. The average molecular weight is 403 g/mol. The van der Waals surface area contributed by atoms with Crippen LogP contribution >= 0.6 is 0 Å². The van der Waals surface area contributed by atoms with Crippen molar-refractivity contribution in [2.45, 2.75) is 37.3 Å². The van der Waals surface area contributed by atoms with Gasteiger partial charge < -0.3 is 5.32 Å². The minimum atomic E-state index is -4.45. The van der Waals surface area contributed by atoms with Gasteiger partial charge in [0.05, 0.1) is 5.56 Å². The highest BCUT2D eigenvalue weighted by molar-refractivity contribution is 6.02. The summed E-state index contributed by atoms with van der Waals surface area (Å²) >= 11 is 0. The molecule has 150 valence electrons. The van der Waals surface area contributed by atoms with Crippen LogP contribution in [0.4, 0.5) is 17.6 Å². The lowest BCUT2D eigenvalue weighted by Gasteiger charge is -2.34. The highest BCUT2D eigenvalue weighted by Gasteiger charge is 2.38. The van der Waals surface area contributed by atoms with E-state index in [9.17, 15) is 27.2 Å². The third-order valence-corrected chi connectivity index (χ3v) is 5.52. The SMILES string of the molecule is O=C1C[C@@H](c2ccc(C(F)(F)F)cc2)C2=C(C[C@@H](c3ccc(F)cc3)CC2=O)N1. The molecule has 2 aliphatic rings. The smallest absolute Gasteiger partial charge is 0.329 e. The van der Waals surface area contributed by atoms with Crippen LogP contribution in [0.1, 0.15) is 47.8 Å². The molecule has 1 N–H and O–H groups in total. The minimum Gasteiger partial charge on any atom is -0.329 e. The summed E-state index contributed by atoms with van der Waals surface area (Å²) < 4.78 is 51.7. The average Bonchev–Trinajstić information content (AvgIpc) is 2.67. The number of Topliss-reactive ketones (excluding diaryl/α,β-unsaturated/α-hetero) is 1. The van der Waals surface area contributed by atoms with E-state index in [2.05, 4.69) is 5.32 Å². The van der Waals surface area contributed by atoms with Gasteiger partial charge in [0.25, 0.3) is 0 Å². The molecule has 2 atom stereocenters. The van der Waals surface area contributed by atoms with Crippen molar-refractivity contribution in [1.82, 2.24) is 5.32 Å². The number of benzene rings is 2. The summed E-state index contributed by atoms with van der Waals surface area (Å²) in [6.45, 7) is 0. The Morgan fingerprint density at radius 2 is 1.45 bits per heavy atom. The first kappa shape index (κ1) is 19.4. The third-order valence-electron chi connectivity index (χ3n) is 5.52. The Bertz CT molecular complexity index is 991. The minimum absolute atomic E-state index is 0.0111. The lowest BCUT2D eigenvalue weighted by atomic mass is 9.73. The molecule has 3 nitrogen and oxygen atoms in total. The molecule has 0 saturated heterocycles. The predicted molar refractivity (Wildman–Crippen MR) is 97.4 cm³/mol. The van der Waals surface area contributed by atoms with Gasteiger partial charge in [-0.1, -0.05) is 24.3 Å². The first-order valence-electron chi connectivity index (χ1n) is 9.21. The number of rotatable bonds is 2. The number of amides is 1. The van der Waals surface area contributed by atoms with Gasteiger partial charge in [-0.2, -0.15) is 13.2 Å². The van der Waals surface area contributed by atoms with Crippen molar-refractivity contribution < 1.29 is 27.2 Å². The van der Waals surface area contributed by atoms with Crippen molar-refractivity contribution in [2.75, 3.05) is 0 Å². The number of allylic oxidation sites excluding steroid dienone is 2. The van der Waals surface area contributed by atoms with E-state index in [4.69, 9.17) is 0 Å². The fourth-order valence-corrected chi connectivity index (χ4v) is 4.12. The summed E-state index contributed by atoms with van der Waals surface area (Å²) in [5.74, 6) is -1.55. The summed E-state index contributed by atoms with van der Waals surface area (Å²) in [5, 5.41) is 2.76. The van der Waals surface area contributed by atoms with Crippen LogP contribution in [0, 0.1) is 5.82 Å². The van der Waals surface area contributed by atoms with Crippen LogP contribution in [0.15, 0.2) is 59.8 Å². The van der Waals surface area contributed by atoms with Crippen molar-refractivity contribution in [1.29, 1.82) is 0 Å². The summed E-state index contributed by atoms with van der Waals surface area (Å²) in [6, 6.07) is 10.5. The van der Waals surface area contributed by atoms with Gasteiger partial charge in [0.1, 0.15) is 5.82 Å². The third kappa shape index (κ3) is 3.81. The molecule has 0 aromatic heterocycles. The standard InChI is InChI=1S/C22H17F4NO2/c23-16-7-3-12(4-8-16)14-9-18-21(19(28)10-14)17(11-20(29)27-18)13-1-5-15(6-2-13)22(24,25)26/h1-8,14,17H,9-11H2,(H,27,29)/t14-,17+/m1/s1. The van der Waals surface area contributed by atoms with Gasteiger partial charge in [-0.25, -0.2) is 4.39 Å². The fourth-order valence-electron chi connectivity index (χ4n) is 4.12. The predicted octanol–water partition coefficient (Wildman–Crippen LogP) is 4.85. The molecule has 1 aliphatic carbocycles. The second-order valence-corrected chi connectivity index (χ2v) is 7.40. The number of halogens is 4. The molecule has 0 fully saturated rings. The van der Waals surface area contributed by atoms with Crippen LogP contribution in [-0.2, 0) is 15.8 Å². The van der Waals surface area contributed by atoms with Crippen molar-refractivity contribution >= 4 is 11.7 Å². The zero-order chi connectivity index (χ0) is 20.8. The summed E-state index contributed by atoms with van der Waals surface area (Å²) in [4.78, 5) is 25.2. The van der Waals surface area contributed by atoms with Gasteiger partial charge in [-0.05, 0) is 47.7 Å². The molecule has 4 rings (SSSR count). The lowest BCUT2D eigenvalue weighted by molar-refractivity contribution is -0.137. The van der Waals surface area contributed by atoms with Crippen molar-refractivity contribution in [2.24, 2.45) is 0 Å². The van der Waals surface area contributed by atoms with E-state index in [1.54, 1.807) is 12.1 Å². The van der Waals surface area contributed by atoms with E-state index in [1.165, 1.54) is 24.3 Å². The fraction of sp³-hybridized carbons (Fsp3) is 0.273. The molecule has 0 bridgehead atoms. The van der Waals surface area contributed by atoms with Crippen LogP contribution in [0.2, 0.25) is 0 Å². The molecule has 0 saturated carbocycles. The molecule has 2 aromatic carbocycles. The summed E-state index contributed by atoms with van der Waals surface area (Å²) in [5.41, 5.74) is 1.51. The topological polar surface area (TPSA) is 46.2 Å². The van der Waals surface area contributed by atoms with E-state index >= 15 is 0 Å². The van der Waals surface area contributed by atoms with E-state index in [0.717, 1.165) is 17.7 Å². The highest BCUT2D eigenvalue weighted by atomic mass is 19.4. The van der Waals surface area contributed by atoms with E-state index in [1.807, 2.05) is 0 Å². The normalized spacial score (nSPS) is 22.3. The Hall–Kier alpha value is -2.96. The second-order valence-electron chi connectivity index (χ2n) is 7.40. The summed E-state index contributed by atoms with van der Waals surface area (Å²) in [6.07, 6.45) is -3.82. The molecule has 1 heterocycles. The number of nitrogens with one attached hydrogen (secondary N) is 1. The van der Waals surface area contributed by atoms with Crippen LogP contribution < -0.4 is 5.32 Å². The zero-order valence-corrected chi connectivity index (χ0v) is 15.2. The number of carbonyl (C=O) groups is 2. The monoisotopic (exact) mass is 403 g/mol. The second kappa shape index (κ2) is 7.13. The molecule has 0 spiro atoms. The van der Waals surface area contributed by atoms with Gasteiger partial charge in [0.2, 0.25) is 5.91 Å². The maximum Gasteiger partial charge on any atom is 0.416 e. The number of hydrogen-bond donors (Lipinski definition) is 1. The molecule has 1 aliphatic heterocycles. The van der Waals surface area contributed by atoms with Crippen molar-refractivity contribution in [3.8, 4) is 0 Å². The first-order valence-corrected chi connectivity index (χ1v) is 9.21. The Kier molecular flexibility index (Phi) is 4.76. The van der Waals surface area contributed by atoms with Crippen LogP contribution in [0.5, 0.6) is 0 Å². The molecular weight excluding hydrogens is 386 g/mol. The molecule has 2 aromatic rings. The van der Waals surface area contributed by atoms with E-state index in [0.29, 0.717) is 23.3 Å². The zero-order valence-electron chi connectivity index (χ0n) is 15.2. The number of ketones is 1. The quantitative estimate of drug-likeness (QED) is 0.729. The highest BCUT2D eigenvalue weighted by Crippen LogP contribution is 2.43. The molecular formula is C22H17F4NO2. The van der Waals surface area contributed by atoms with Crippen LogP contribution in [0.25, 0.3) is 0 Å². The first-order chi connectivity index (χ1) is 13.7. The lowest BCUT2D eigenvalue weighted by Crippen LogP contribution is -2.38. The largest absolute Gasteiger partial charge is 0.416 e.